The molecule has 4 nitrogen and oxygen atoms in total. The number of morpholine rings is 1. The summed E-state index contributed by atoms with van der Waals surface area (Å²) in [7, 11) is 0. The van der Waals surface area contributed by atoms with E-state index in [-0.39, 0.29) is 23.9 Å². The van der Waals surface area contributed by atoms with Gasteiger partial charge in [-0.05, 0) is 43.5 Å². The van der Waals surface area contributed by atoms with Crippen LogP contribution in [0.5, 0.6) is 5.75 Å². The molecule has 0 aromatic heterocycles. The van der Waals surface area contributed by atoms with Crippen LogP contribution in [0.2, 0.25) is 0 Å². The van der Waals surface area contributed by atoms with Crippen molar-refractivity contribution in [3.63, 3.8) is 0 Å². The van der Waals surface area contributed by atoms with Crippen molar-refractivity contribution in [1.29, 1.82) is 0 Å². The summed E-state index contributed by atoms with van der Waals surface area (Å²) >= 11 is 0. The van der Waals surface area contributed by atoms with Crippen LogP contribution in [0.4, 0.5) is 0 Å². The number of ether oxygens (including phenoxy) is 1. The molecule has 2 aliphatic rings. The van der Waals surface area contributed by atoms with Gasteiger partial charge in [0.2, 0.25) is 0 Å². The molecule has 1 N–H and O–H groups in total. The fourth-order valence-electron chi connectivity index (χ4n) is 2.84. The third kappa shape index (κ3) is 1.97. The Morgan fingerprint density at radius 1 is 1.33 bits per heavy atom. The lowest BCUT2D eigenvalue weighted by Gasteiger charge is -2.32. The van der Waals surface area contributed by atoms with Crippen molar-refractivity contribution in [1.82, 2.24) is 4.90 Å². The molecule has 0 saturated carbocycles. The molecule has 2 atom stereocenters. The van der Waals surface area contributed by atoms with Gasteiger partial charge in [0.1, 0.15) is 5.75 Å². The first-order valence-electron chi connectivity index (χ1n) is 6.38. The Labute approximate surface area is 106 Å². The molecule has 0 radical (unpaired) electrons. The molecule has 0 aliphatic carbocycles. The number of hydrogen-bond acceptors (Lipinski definition) is 3. The number of carbonyl (C=O) groups is 1. The van der Waals surface area contributed by atoms with Crippen molar-refractivity contribution >= 4 is 5.91 Å². The number of rotatable bonds is 1. The maximum Gasteiger partial charge on any atom is 0.254 e. The van der Waals surface area contributed by atoms with E-state index in [4.69, 9.17) is 4.74 Å². The molecule has 1 aromatic rings. The molecule has 1 aromatic carbocycles. The zero-order valence-electron chi connectivity index (χ0n) is 10.4. The van der Waals surface area contributed by atoms with E-state index in [1.165, 1.54) is 0 Å². The van der Waals surface area contributed by atoms with Gasteiger partial charge in [0.15, 0.2) is 0 Å². The van der Waals surface area contributed by atoms with Gasteiger partial charge >= 0.3 is 0 Å². The average molecular weight is 247 g/mol. The van der Waals surface area contributed by atoms with Crippen LogP contribution in [0.1, 0.15) is 28.8 Å². The molecule has 2 bridgehead atoms. The number of carbonyl (C=O) groups excluding carboxylic acids is 1. The van der Waals surface area contributed by atoms with E-state index in [0.717, 1.165) is 18.4 Å². The second kappa shape index (κ2) is 4.28. The number of aryl methyl sites for hydroxylation is 1. The minimum absolute atomic E-state index is 0.0488. The number of nitrogens with zero attached hydrogens (tertiary/aromatic N) is 1. The Balaban J connectivity index is 1.82. The number of likely N-dealkylation sites (tertiary alicyclic amines) is 1. The Morgan fingerprint density at radius 3 is 2.61 bits per heavy atom. The van der Waals surface area contributed by atoms with Gasteiger partial charge in [-0.25, -0.2) is 0 Å². The molecule has 2 heterocycles. The van der Waals surface area contributed by atoms with Gasteiger partial charge < -0.3 is 14.7 Å². The molecule has 4 heteroatoms. The van der Waals surface area contributed by atoms with Gasteiger partial charge in [0.05, 0.1) is 12.2 Å². The monoisotopic (exact) mass is 247 g/mol. The van der Waals surface area contributed by atoms with Gasteiger partial charge in [-0.3, -0.25) is 4.79 Å². The zero-order valence-corrected chi connectivity index (χ0v) is 10.4. The molecule has 0 spiro atoms. The highest BCUT2D eigenvalue weighted by atomic mass is 16.5. The summed E-state index contributed by atoms with van der Waals surface area (Å²) in [6.07, 6.45) is 2.54. The Kier molecular flexibility index (Phi) is 2.74. The molecular weight excluding hydrogens is 230 g/mol. The highest BCUT2D eigenvalue weighted by Crippen LogP contribution is 2.28. The lowest BCUT2D eigenvalue weighted by Crippen LogP contribution is -2.45. The molecule has 2 aliphatic heterocycles. The van der Waals surface area contributed by atoms with Gasteiger partial charge in [-0.1, -0.05) is 0 Å². The maximum absolute atomic E-state index is 12.4. The van der Waals surface area contributed by atoms with Crippen LogP contribution in [0.15, 0.2) is 18.2 Å². The molecule has 1 amide bonds. The number of benzene rings is 1. The fraction of sp³-hybridized carbons (Fsp3) is 0.500. The molecular formula is C14H17NO3. The first-order chi connectivity index (χ1) is 8.63. The maximum atomic E-state index is 12.4. The number of phenols is 1. The van der Waals surface area contributed by atoms with Crippen molar-refractivity contribution in [2.45, 2.75) is 32.0 Å². The normalized spacial score (nSPS) is 26.4. The largest absolute Gasteiger partial charge is 0.508 e. The number of phenolic OH excluding ortho intramolecular Hbond substituents is 1. The Morgan fingerprint density at radius 2 is 2.00 bits per heavy atom. The van der Waals surface area contributed by atoms with E-state index in [1.54, 1.807) is 18.2 Å². The topological polar surface area (TPSA) is 49.8 Å². The van der Waals surface area contributed by atoms with Crippen LogP contribution in [-0.4, -0.2) is 41.2 Å². The minimum atomic E-state index is 0.0488. The summed E-state index contributed by atoms with van der Waals surface area (Å²) in [5.74, 6) is 0.249. The van der Waals surface area contributed by atoms with Crippen molar-refractivity contribution < 1.29 is 14.6 Å². The van der Waals surface area contributed by atoms with E-state index >= 15 is 0 Å². The summed E-state index contributed by atoms with van der Waals surface area (Å²) in [6, 6.07) is 4.89. The second-order valence-electron chi connectivity index (χ2n) is 5.17. The Hall–Kier alpha value is -1.55. The second-order valence-corrected chi connectivity index (χ2v) is 5.17. The summed E-state index contributed by atoms with van der Waals surface area (Å²) in [5, 5.41) is 9.38. The van der Waals surface area contributed by atoms with Crippen LogP contribution in [0, 0.1) is 6.92 Å². The van der Waals surface area contributed by atoms with Crippen molar-refractivity contribution in [3.05, 3.63) is 29.3 Å². The van der Waals surface area contributed by atoms with E-state index in [1.807, 2.05) is 11.8 Å². The lowest BCUT2D eigenvalue weighted by molar-refractivity contribution is -0.0303. The third-order valence-electron chi connectivity index (χ3n) is 3.77. The smallest absolute Gasteiger partial charge is 0.254 e. The molecule has 2 saturated heterocycles. The quantitative estimate of drug-likeness (QED) is 0.821. The summed E-state index contributed by atoms with van der Waals surface area (Å²) in [4.78, 5) is 14.3. The first kappa shape index (κ1) is 11.5. The Bertz CT molecular complexity index is 474. The van der Waals surface area contributed by atoms with Gasteiger partial charge in [-0.2, -0.15) is 0 Å². The van der Waals surface area contributed by atoms with E-state index in [9.17, 15) is 9.90 Å². The van der Waals surface area contributed by atoms with Crippen molar-refractivity contribution in [2.75, 3.05) is 13.1 Å². The predicted octanol–water partition coefficient (Wildman–Crippen LogP) is 1.70. The number of hydrogen-bond donors (Lipinski definition) is 1. The molecule has 96 valence electrons. The van der Waals surface area contributed by atoms with Crippen LogP contribution in [0.25, 0.3) is 0 Å². The summed E-state index contributed by atoms with van der Waals surface area (Å²) in [5.41, 5.74) is 1.49. The van der Waals surface area contributed by atoms with E-state index in [0.29, 0.717) is 18.7 Å². The zero-order chi connectivity index (χ0) is 12.7. The van der Waals surface area contributed by atoms with Crippen molar-refractivity contribution in [2.24, 2.45) is 0 Å². The van der Waals surface area contributed by atoms with Crippen LogP contribution >= 0.6 is 0 Å². The third-order valence-corrected chi connectivity index (χ3v) is 3.77. The SMILES string of the molecule is Cc1cc(O)ccc1C(=O)N1CC2CCC(C1)O2. The average Bonchev–Trinajstić information content (AvgIpc) is 2.67. The fourth-order valence-corrected chi connectivity index (χ4v) is 2.84. The van der Waals surface area contributed by atoms with Crippen LogP contribution in [0.3, 0.4) is 0 Å². The minimum Gasteiger partial charge on any atom is -0.508 e. The lowest BCUT2D eigenvalue weighted by atomic mass is 10.1. The van der Waals surface area contributed by atoms with Gasteiger partial charge in [0.25, 0.3) is 5.91 Å². The highest BCUT2D eigenvalue weighted by molar-refractivity contribution is 5.96. The standard InChI is InChI=1S/C14H17NO3/c1-9-6-10(16)2-5-13(9)14(17)15-7-11-3-4-12(8-15)18-11/h2,5-6,11-12,16H,3-4,7-8H2,1H3. The van der Waals surface area contributed by atoms with Gasteiger partial charge in [-0.15, -0.1) is 0 Å². The van der Waals surface area contributed by atoms with E-state index in [2.05, 4.69) is 0 Å². The molecule has 18 heavy (non-hydrogen) atoms. The molecule has 2 unspecified atom stereocenters. The van der Waals surface area contributed by atoms with Crippen LogP contribution in [-0.2, 0) is 4.74 Å². The van der Waals surface area contributed by atoms with Gasteiger partial charge in [0, 0.05) is 18.7 Å². The molecule has 3 rings (SSSR count). The number of aromatic hydroxyl groups is 1. The van der Waals surface area contributed by atoms with Crippen molar-refractivity contribution in [3.8, 4) is 5.75 Å². The van der Waals surface area contributed by atoms with E-state index < -0.39 is 0 Å². The first-order valence-corrected chi connectivity index (χ1v) is 6.38. The summed E-state index contributed by atoms with van der Waals surface area (Å²) < 4.78 is 5.73. The molecule has 2 fully saturated rings. The van der Waals surface area contributed by atoms with Crippen LogP contribution < -0.4 is 0 Å². The summed E-state index contributed by atoms with van der Waals surface area (Å²) in [6.45, 7) is 3.23. The highest BCUT2D eigenvalue weighted by Gasteiger charge is 2.36. The number of fused-ring (bicyclic) bond motifs is 2. The predicted molar refractivity (Wildman–Crippen MR) is 66.6 cm³/mol. The number of amides is 1.